The van der Waals surface area contributed by atoms with Gasteiger partial charge in [0.2, 0.25) is 0 Å². The van der Waals surface area contributed by atoms with Crippen LogP contribution in [0.3, 0.4) is 0 Å². The van der Waals surface area contributed by atoms with Gasteiger partial charge < -0.3 is 27.3 Å². The monoisotopic (exact) mass is 2050 g/mol. The Hall–Kier alpha value is -4.53. The third-order valence-electron chi connectivity index (χ3n) is 24.2. The second-order valence-corrected chi connectivity index (χ2v) is 44.1. The average molecular weight is 2050 g/mol. The van der Waals surface area contributed by atoms with Gasteiger partial charge in [0.15, 0.2) is 0 Å². The molecule has 0 amide bonds. The molecule has 0 spiro atoms. The number of benzene rings is 6. The summed E-state index contributed by atoms with van der Waals surface area (Å²) in [4.78, 5) is -0.300. The minimum absolute atomic E-state index is 0. The molecule has 0 saturated heterocycles. The zero-order valence-corrected chi connectivity index (χ0v) is 89.6. The summed E-state index contributed by atoms with van der Waals surface area (Å²) in [7, 11) is -26.1. The first kappa shape index (κ1) is 128. The number of rotatable bonds is 72. The van der Waals surface area contributed by atoms with E-state index in [9.17, 15) is 77.8 Å². The van der Waals surface area contributed by atoms with Crippen LogP contribution in [0.5, 0.6) is 0 Å². The Morgan fingerprint density at radius 3 is 0.316 bits per heavy atom. The van der Waals surface area contributed by atoms with Gasteiger partial charge in [-0.05, 0) is 147 Å². The first-order valence-corrected chi connectivity index (χ1v) is 60.0. The van der Waals surface area contributed by atoms with Gasteiger partial charge in [0, 0.05) is 21.1 Å². The molecule has 18 nitrogen and oxygen atoms in total. The van der Waals surface area contributed by atoms with Crippen molar-refractivity contribution in [3.05, 3.63) is 179 Å². The van der Waals surface area contributed by atoms with Crippen LogP contribution >= 0.6 is 0 Å². The van der Waals surface area contributed by atoms with Gasteiger partial charge in [-0.3, -0.25) is 0 Å². The van der Waals surface area contributed by atoms with Gasteiger partial charge in [-0.1, -0.05) is 497 Å². The average Bonchev–Trinajstić information content (AvgIpc) is 0.870. The third-order valence-corrected chi connectivity index (χ3v) is 29.9. The molecule has 0 aliphatic carbocycles. The van der Waals surface area contributed by atoms with Gasteiger partial charge in [-0.25, -0.2) is 50.5 Å². The molecule has 0 unspecified atom stereocenters. The van der Waals surface area contributed by atoms with Gasteiger partial charge in [0.05, 0.1) is 29.4 Å². The van der Waals surface area contributed by atoms with Crippen LogP contribution in [0.1, 0.15) is 460 Å². The van der Waals surface area contributed by atoms with Gasteiger partial charge >= 0.3 is 0 Å². The van der Waals surface area contributed by atoms with E-state index in [0.717, 1.165) is 77.0 Å². The van der Waals surface area contributed by atoms with Crippen molar-refractivity contribution in [2.24, 2.45) is 0 Å². The van der Waals surface area contributed by atoms with Crippen LogP contribution in [-0.4, -0.2) is 77.8 Å². The van der Waals surface area contributed by atoms with Gasteiger partial charge in [0.25, 0.3) is 0 Å². The van der Waals surface area contributed by atoms with Crippen molar-refractivity contribution in [2.45, 2.75) is 495 Å². The minimum Gasteiger partial charge on any atom is -0.744 e. The van der Waals surface area contributed by atoms with Crippen molar-refractivity contribution in [2.75, 3.05) is 0 Å². The fraction of sp³-hybridized carbons (Fsp3) is 0.667. The molecule has 0 radical (unpaired) electrons. The van der Waals surface area contributed by atoms with Crippen molar-refractivity contribution in [3.63, 3.8) is 0 Å². The van der Waals surface area contributed by atoms with E-state index >= 15 is 0 Å². The Bertz CT molecular complexity index is 3800. The summed E-state index contributed by atoms with van der Waals surface area (Å²) < 4.78 is 201. The molecule has 133 heavy (non-hydrogen) atoms. The van der Waals surface area contributed by atoms with Crippen molar-refractivity contribution in [1.82, 2.24) is 0 Å². The molecule has 0 aliphatic rings. The standard InChI is InChI=1S/6C18H30O3S.Mo/c6*1-2-3-4-5-6-7-8-9-10-11-14-17-15-12-13-16-18(17)22(19,20)21;/h6*12-13,15-16H,2-11,14H2,1H3,(H,19,20,21);/p-6. The number of unbranched alkanes of at least 4 members (excludes halogenated alkanes) is 54. The van der Waals surface area contributed by atoms with Crippen LogP contribution in [-0.2, 0) is 120 Å². The van der Waals surface area contributed by atoms with Crippen LogP contribution in [0.25, 0.3) is 0 Å². The molecule has 0 aromatic heterocycles. The van der Waals surface area contributed by atoms with Crippen LogP contribution in [0.2, 0.25) is 0 Å². The Balaban J connectivity index is 0.00000157. The van der Waals surface area contributed by atoms with Crippen molar-refractivity contribution in [3.8, 4) is 0 Å². The summed E-state index contributed by atoms with van der Waals surface area (Å²) in [5.41, 5.74) is 3.98. The first-order chi connectivity index (χ1) is 63.3. The van der Waals surface area contributed by atoms with E-state index in [1.165, 1.54) is 345 Å². The molecule has 6 aromatic carbocycles. The molecule has 0 fully saturated rings. The van der Waals surface area contributed by atoms with E-state index in [2.05, 4.69) is 41.5 Å². The van der Waals surface area contributed by atoms with Crippen LogP contribution < -0.4 is 0 Å². The summed E-state index contributed by atoms with van der Waals surface area (Å²) >= 11 is 0. The second-order valence-electron chi connectivity index (χ2n) is 36.0. The maximum atomic E-state index is 11.2. The molecule has 6 aromatic rings. The number of hydrogen-bond donors (Lipinski definition) is 0. The Morgan fingerprint density at radius 1 is 0.143 bits per heavy atom. The van der Waals surface area contributed by atoms with Crippen LogP contribution in [0.15, 0.2) is 175 Å². The maximum absolute atomic E-state index is 11.2. The Kier molecular flexibility index (Phi) is 79.4. The van der Waals surface area contributed by atoms with E-state index in [1.807, 2.05) is 0 Å². The largest absolute Gasteiger partial charge is 0.744 e. The second kappa shape index (κ2) is 82.2. The van der Waals surface area contributed by atoms with Gasteiger partial charge in [0.1, 0.15) is 60.7 Å². The van der Waals surface area contributed by atoms with Crippen molar-refractivity contribution < 1.29 is 98.9 Å². The van der Waals surface area contributed by atoms with E-state index in [1.54, 1.807) is 109 Å². The van der Waals surface area contributed by atoms with Gasteiger partial charge in [-0.15, -0.1) is 0 Å². The Morgan fingerprint density at radius 2 is 0.226 bits per heavy atom. The fourth-order valence-corrected chi connectivity index (χ4v) is 21.0. The third kappa shape index (κ3) is 69.9. The summed E-state index contributed by atoms with van der Waals surface area (Å²) in [6, 6.07) is 39.3. The topological polar surface area (TPSA) is 343 Å². The van der Waals surface area contributed by atoms with Gasteiger partial charge in [-0.2, -0.15) is 0 Å². The quantitative estimate of drug-likeness (QED) is 0.0194. The molecule has 0 heterocycles. The fourth-order valence-electron chi connectivity index (χ4n) is 16.5. The number of hydrogen-bond acceptors (Lipinski definition) is 18. The number of aryl methyl sites for hydroxylation is 6. The van der Waals surface area contributed by atoms with E-state index in [4.69, 9.17) is 0 Å². The van der Waals surface area contributed by atoms with E-state index in [-0.39, 0.29) is 50.4 Å². The van der Waals surface area contributed by atoms with Crippen LogP contribution in [0.4, 0.5) is 0 Å². The summed E-state index contributed by atoms with van der Waals surface area (Å²) in [5, 5.41) is 0. The molecule has 6 rings (SSSR count). The minimum atomic E-state index is -4.35. The van der Waals surface area contributed by atoms with E-state index < -0.39 is 60.7 Å². The molecule has 0 aliphatic heterocycles. The molecule has 0 saturated carbocycles. The summed E-state index contributed by atoms with van der Waals surface area (Å²) in [5.74, 6) is 0. The van der Waals surface area contributed by atoms with Crippen molar-refractivity contribution in [1.29, 1.82) is 0 Å². The van der Waals surface area contributed by atoms with Crippen LogP contribution in [0, 0.1) is 0 Å². The molecule has 762 valence electrons. The molecule has 0 bridgehead atoms. The Labute approximate surface area is 826 Å². The predicted molar refractivity (Wildman–Crippen MR) is 540 cm³/mol. The molecular weight excluding hydrogens is 1870 g/mol. The normalized spacial score (nSPS) is 11.6. The summed E-state index contributed by atoms with van der Waals surface area (Å²) in [6.45, 7) is 13.4. The maximum Gasteiger partial charge on any atom is 0.124 e. The van der Waals surface area contributed by atoms with E-state index in [0.29, 0.717) is 71.9 Å². The molecular formula is C108H174MoO18S6-6. The molecule has 0 N–H and O–H groups in total. The molecule has 0 atom stereocenters. The smallest absolute Gasteiger partial charge is 0.124 e. The van der Waals surface area contributed by atoms with Crippen molar-refractivity contribution >= 4 is 60.7 Å². The summed E-state index contributed by atoms with van der Waals surface area (Å²) in [6.07, 6.45) is 78.9. The SMILES string of the molecule is CCCCCCCCCCCCc1ccccc1S(=O)(=O)[O-].CCCCCCCCCCCCc1ccccc1S(=O)(=O)[O-].CCCCCCCCCCCCc1ccccc1S(=O)(=O)[O-].CCCCCCCCCCCCc1ccccc1S(=O)(=O)[O-].CCCCCCCCCCCCc1ccccc1S(=O)(=O)[O-].CCCCCCCCCCCCc1ccccc1S(=O)(=O)[O-].[Mo]. The predicted octanol–water partition coefficient (Wildman–Crippen LogP) is 30.3. The molecule has 25 heteroatoms. The first-order valence-electron chi connectivity index (χ1n) is 51.6. The zero-order valence-electron chi connectivity index (χ0n) is 82.7. The zero-order chi connectivity index (χ0) is 97.6.